The minimum absolute atomic E-state index is 0.161. The van der Waals surface area contributed by atoms with E-state index in [-0.39, 0.29) is 6.42 Å². The Morgan fingerprint density at radius 1 is 0.317 bits per heavy atom. The third-order valence-corrected chi connectivity index (χ3v) is 4.57. The molecule has 20 heteroatoms. The molecule has 0 radical (unpaired) electrons. The molecule has 0 aromatic heterocycles. The molecular weight excluding hydrogens is 632 g/mol. The summed E-state index contributed by atoms with van der Waals surface area (Å²) in [4.78, 5) is 0. The molecule has 0 aliphatic carbocycles. The molecule has 0 heterocycles. The Kier molecular flexibility index (Phi) is 20.0. The van der Waals surface area contributed by atoms with Gasteiger partial charge in [0.1, 0.15) is 0 Å². The van der Waals surface area contributed by atoms with E-state index in [1.807, 2.05) is 0 Å². The predicted molar refractivity (Wildman–Crippen MR) is 108 cm³/mol. The topological polar surface area (TPSA) is 0 Å². The largest absolute Gasteiger partial charge is 0.431 e. The molecule has 0 aromatic carbocycles. The fourth-order valence-corrected chi connectivity index (χ4v) is 2.03. The molecule has 0 rings (SSSR count). The van der Waals surface area contributed by atoms with E-state index in [0.29, 0.717) is 12.8 Å². The van der Waals surface area contributed by atoms with Crippen LogP contribution in [0.2, 0.25) is 0 Å². The molecule has 0 unspecified atom stereocenters. The monoisotopic (exact) mass is 662 g/mol. The third kappa shape index (κ3) is 19.4. The van der Waals surface area contributed by atoms with E-state index >= 15 is 0 Å². The van der Waals surface area contributed by atoms with Gasteiger partial charge in [0.05, 0.1) is 0 Å². The fraction of sp³-hybridized carbons (Fsp3) is 1.00. The Morgan fingerprint density at radius 2 is 0.561 bits per heavy atom. The van der Waals surface area contributed by atoms with Crippen molar-refractivity contribution in [2.45, 2.75) is 134 Å². The molecule has 0 fully saturated rings. The highest BCUT2D eigenvalue weighted by molar-refractivity contribution is 4.94. The van der Waals surface area contributed by atoms with Gasteiger partial charge in [-0.15, -0.1) is 0 Å². The SMILES string of the molecule is CCC(F)(F)F.CCC(F)(F)F.CCCC(F)(C(F)(F)F)C(F)(F)F.CCCCCCC(F)(C(F)(F)F)C(F)(F)F. The molecule has 0 spiro atoms. The van der Waals surface area contributed by atoms with E-state index in [2.05, 4.69) is 0 Å². The first-order valence-electron chi connectivity index (χ1n) is 11.5. The summed E-state index contributed by atoms with van der Waals surface area (Å²) in [5.74, 6) is 0. The van der Waals surface area contributed by atoms with Crippen LogP contribution in [0.5, 0.6) is 0 Å². The average molecular weight is 662 g/mol. The van der Waals surface area contributed by atoms with Crippen molar-refractivity contribution in [2.24, 2.45) is 0 Å². The number of hydrogen-bond donors (Lipinski definition) is 0. The minimum Gasteiger partial charge on any atom is -0.224 e. The maximum Gasteiger partial charge on any atom is 0.431 e. The Morgan fingerprint density at radius 3 is 0.707 bits per heavy atom. The van der Waals surface area contributed by atoms with E-state index in [1.54, 1.807) is 6.92 Å². The lowest BCUT2D eigenvalue weighted by Crippen LogP contribution is -2.53. The standard InChI is InChI=1S/C9H13F7.C6H7F7.2C3H5F3/c1-2-3-4-5-6-7(10,8(11,12)13)9(14,15)16;1-2-3-4(7,5(8,9)10)6(11,12)13;2*1-2-3(4,5)6/h2-6H2,1H3;2-3H2,1H3;2*2H2,1H3. The fourth-order valence-electron chi connectivity index (χ4n) is 2.03. The van der Waals surface area contributed by atoms with Crippen molar-refractivity contribution in [2.75, 3.05) is 0 Å². The van der Waals surface area contributed by atoms with Crippen molar-refractivity contribution in [1.29, 1.82) is 0 Å². The molecule has 254 valence electrons. The summed E-state index contributed by atoms with van der Waals surface area (Å²) in [6.07, 6.45) is -35.8. The Balaban J connectivity index is -0.000000243. The van der Waals surface area contributed by atoms with Crippen LogP contribution in [0, 0.1) is 0 Å². The van der Waals surface area contributed by atoms with Gasteiger partial charge in [0, 0.05) is 12.8 Å². The molecule has 0 saturated carbocycles. The smallest absolute Gasteiger partial charge is 0.224 e. The number of hydrogen-bond acceptors (Lipinski definition) is 0. The second-order valence-electron chi connectivity index (χ2n) is 8.09. The lowest BCUT2D eigenvalue weighted by molar-refractivity contribution is -0.344. The molecule has 0 amide bonds. The van der Waals surface area contributed by atoms with Crippen LogP contribution < -0.4 is 0 Å². The van der Waals surface area contributed by atoms with Gasteiger partial charge < -0.3 is 0 Å². The average Bonchev–Trinajstić information content (AvgIpc) is 2.74. The van der Waals surface area contributed by atoms with Crippen LogP contribution in [-0.2, 0) is 0 Å². The van der Waals surface area contributed by atoms with Crippen molar-refractivity contribution in [1.82, 2.24) is 0 Å². The molecule has 0 aliphatic heterocycles. The second-order valence-corrected chi connectivity index (χ2v) is 8.09. The quantitative estimate of drug-likeness (QED) is 0.188. The van der Waals surface area contributed by atoms with Crippen molar-refractivity contribution < 1.29 is 87.8 Å². The third-order valence-electron chi connectivity index (χ3n) is 4.57. The molecule has 41 heavy (non-hydrogen) atoms. The second kappa shape index (κ2) is 17.7. The molecule has 0 nitrogen and oxygen atoms in total. The highest BCUT2D eigenvalue weighted by Crippen LogP contribution is 2.50. The number of halogens is 20. The van der Waals surface area contributed by atoms with Gasteiger partial charge in [-0.1, -0.05) is 53.4 Å². The highest BCUT2D eigenvalue weighted by Gasteiger charge is 2.72. The zero-order valence-electron chi connectivity index (χ0n) is 21.9. The van der Waals surface area contributed by atoms with E-state index < -0.39 is 86.9 Å². The van der Waals surface area contributed by atoms with Crippen LogP contribution in [-0.4, -0.2) is 48.4 Å². The summed E-state index contributed by atoms with van der Waals surface area (Å²) in [6.45, 7) is 4.96. The molecular formula is C21H30F20. The van der Waals surface area contributed by atoms with E-state index in [1.165, 1.54) is 0 Å². The molecule has 0 aromatic rings. The predicted octanol–water partition coefficient (Wildman–Crippen LogP) is 12.3. The first kappa shape index (κ1) is 46.6. The van der Waals surface area contributed by atoms with Crippen molar-refractivity contribution in [3.63, 3.8) is 0 Å². The normalized spacial score (nSPS) is 13.8. The Labute approximate surface area is 222 Å². The number of alkyl halides is 20. The van der Waals surface area contributed by atoms with Crippen LogP contribution in [0.15, 0.2) is 0 Å². The van der Waals surface area contributed by atoms with Gasteiger partial charge >= 0.3 is 37.1 Å². The summed E-state index contributed by atoms with van der Waals surface area (Å²) in [6, 6.07) is 0. The lowest BCUT2D eigenvalue weighted by Gasteiger charge is -2.29. The zero-order valence-corrected chi connectivity index (χ0v) is 21.9. The van der Waals surface area contributed by atoms with E-state index in [9.17, 15) is 87.8 Å². The van der Waals surface area contributed by atoms with Gasteiger partial charge in [-0.2, -0.15) is 79.0 Å². The Bertz CT molecular complexity index is 603. The number of rotatable bonds is 7. The van der Waals surface area contributed by atoms with E-state index in [0.717, 1.165) is 20.8 Å². The summed E-state index contributed by atoms with van der Waals surface area (Å²) < 4.78 is 232. The van der Waals surface area contributed by atoms with Gasteiger partial charge in [0.2, 0.25) is 0 Å². The van der Waals surface area contributed by atoms with Crippen molar-refractivity contribution in [3.05, 3.63) is 0 Å². The molecule has 0 bridgehead atoms. The van der Waals surface area contributed by atoms with E-state index in [4.69, 9.17) is 0 Å². The van der Waals surface area contributed by atoms with Gasteiger partial charge in [-0.3, -0.25) is 0 Å². The van der Waals surface area contributed by atoms with Crippen molar-refractivity contribution >= 4 is 0 Å². The maximum atomic E-state index is 13.0. The van der Waals surface area contributed by atoms with Gasteiger partial charge in [0.15, 0.2) is 0 Å². The first-order valence-corrected chi connectivity index (χ1v) is 11.5. The van der Waals surface area contributed by atoms with Crippen molar-refractivity contribution in [3.8, 4) is 0 Å². The number of unbranched alkanes of at least 4 members (excludes halogenated alkanes) is 3. The first-order chi connectivity index (χ1) is 17.7. The highest BCUT2D eigenvalue weighted by atomic mass is 19.4. The van der Waals surface area contributed by atoms with Crippen LogP contribution in [0.3, 0.4) is 0 Å². The van der Waals surface area contributed by atoms with Gasteiger partial charge in [0.25, 0.3) is 11.3 Å². The molecule has 0 N–H and O–H groups in total. The van der Waals surface area contributed by atoms with Crippen LogP contribution in [0.1, 0.15) is 85.5 Å². The van der Waals surface area contributed by atoms with Crippen LogP contribution >= 0.6 is 0 Å². The Hall–Kier alpha value is -1.40. The maximum absolute atomic E-state index is 13.0. The van der Waals surface area contributed by atoms with Gasteiger partial charge in [-0.25, -0.2) is 8.78 Å². The zero-order chi connectivity index (χ0) is 34.4. The molecule has 0 aliphatic rings. The molecule has 0 atom stereocenters. The van der Waals surface area contributed by atoms with Gasteiger partial charge in [-0.05, 0) is 19.3 Å². The lowest BCUT2D eigenvalue weighted by atomic mass is 9.96. The molecule has 0 saturated heterocycles. The summed E-state index contributed by atoms with van der Waals surface area (Å²) in [5, 5.41) is 0. The summed E-state index contributed by atoms with van der Waals surface area (Å²) in [5.41, 5.74) is -10.2. The van der Waals surface area contributed by atoms with Crippen LogP contribution in [0.4, 0.5) is 87.8 Å². The summed E-state index contributed by atoms with van der Waals surface area (Å²) >= 11 is 0. The van der Waals surface area contributed by atoms with Crippen LogP contribution in [0.25, 0.3) is 0 Å². The summed E-state index contributed by atoms with van der Waals surface area (Å²) in [7, 11) is 0. The minimum atomic E-state index is -5.91.